The maximum Gasteiger partial charge on any atom is 0.200 e. The normalized spacial score (nSPS) is 17.8. The van der Waals surface area contributed by atoms with Gasteiger partial charge in [-0.1, -0.05) is 17.4 Å². The van der Waals surface area contributed by atoms with Gasteiger partial charge in [0.05, 0.1) is 30.6 Å². The molecule has 8 nitrogen and oxygen atoms in total. The highest BCUT2D eigenvalue weighted by Crippen LogP contribution is 2.36. The molecule has 0 spiro atoms. The van der Waals surface area contributed by atoms with Crippen molar-refractivity contribution < 1.29 is 13.5 Å². The highest BCUT2D eigenvalue weighted by atomic mass is 19.2. The Balaban J connectivity index is 1.54. The van der Waals surface area contributed by atoms with E-state index in [0.717, 1.165) is 23.5 Å². The van der Waals surface area contributed by atoms with E-state index in [2.05, 4.69) is 20.6 Å². The molecule has 0 saturated carbocycles. The van der Waals surface area contributed by atoms with Crippen LogP contribution in [0.4, 0.5) is 14.5 Å². The molecule has 2 aliphatic heterocycles. The third-order valence-corrected chi connectivity index (χ3v) is 5.51. The fraction of sp³-hybridized carbons (Fsp3) is 0.364. The van der Waals surface area contributed by atoms with E-state index < -0.39 is 11.6 Å². The minimum Gasteiger partial charge on any atom is -0.490 e. The van der Waals surface area contributed by atoms with Crippen molar-refractivity contribution in [2.24, 2.45) is 16.2 Å². The quantitative estimate of drug-likeness (QED) is 0.295. The van der Waals surface area contributed by atoms with Gasteiger partial charge in [0.2, 0.25) is 5.82 Å². The second-order valence-corrected chi connectivity index (χ2v) is 7.53. The van der Waals surface area contributed by atoms with Crippen molar-refractivity contribution in [2.45, 2.75) is 25.8 Å². The van der Waals surface area contributed by atoms with Crippen LogP contribution in [-0.4, -0.2) is 36.2 Å². The zero-order chi connectivity index (χ0) is 22.5. The third-order valence-electron chi connectivity index (χ3n) is 5.51. The number of dihydropyridines is 1. The van der Waals surface area contributed by atoms with Crippen LogP contribution in [0, 0.1) is 11.6 Å². The highest BCUT2D eigenvalue weighted by molar-refractivity contribution is 5.62. The van der Waals surface area contributed by atoms with Crippen molar-refractivity contribution in [3.63, 3.8) is 0 Å². The molecule has 10 heteroatoms. The van der Waals surface area contributed by atoms with Gasteiger partial charge in [-0.05, 0) is 13.0 Å². The van der Waals surface area contributed by atoms with Gasteiger partial charge in [0.1, 0.15) is 0 Å². The Labute approximate surface area is 184 Å². The predicted molar refractivity (Wildman–Crippen MR) is 117 cm³/mol. The van der Waals surface area contributed by atoms with Crippen LogP contribution < -0.4 is 20.8 Å². The first-order chi connectivity index (χ1) is 15.6. The van der Waals surface area contributed by atoms with Crippen molar-refractivity contribution in [3.8, 4) is 5.75 Å². The van der Waals surface area contributed by atoms with Crippen LogP contribution in [0.1, 0.15) is 36.5 Å². The van der Waals surface area contributed by atoms with E-state index in [1.54, 1.807) is 0 Å². The van der Waals surface area contributed by atoms with E-state index in [1.807, 2.05) is 36.2 Å². The lowest BCUT2D eigenvalue weighted by Crippen LogP contribution is -2.35. The lowest BCUT2D eigenvalue weighted by Gasteiger charge is -2.36. The fourth-order valence-electron chi connectivity index (χ4n) is 3.86. The zero-order valence-corrected chi connectivity index (χ0v) is 17.8. The SMILES string of the molecule is CC1c2cnc(C3=CC=CCN3)nc2CCN1c1cc(F)c(F)c(OCCCN=NN)c1. The fourth-order valence-corrected chi connectivity index (χ4v) is 3.86. The first kappa shape index (κ1) is 21.7. The molecule has 1 aromatic heterocycles. The summed E-state index contributed by atoms with van der Waals surface area (Å²) in [6.07, 6.45) is 8.92. The van der Waals surface area contributed by atoms with Gasteiger partial charge in [-0.25, -0.2) is 14.4 Å². The number of benzene rings is 1. The van der Waals surface area contributed by atoms with E-state index in [1.165, 1.54) is 12.1 Å². The van der Waals surface area contributed by atoms with Gasteiger partial charge in [0, 0.05) is 55.5 Å². The van der Waals surface area contributed by atoms with Gasteiger partial charge in [0.25, 0.3) is 0 Å². The van der Waals surface area contributed by atoms with Gasteiger partial charge >= 0.3 is 0 Å². The van der Waals surface area contributed by atoms with Crippen molar-refractivity contribution in [2.75, 3.05) is 31.1 Å². The molecule has 3 heterocycles. The number of fused-ring (bicyclic) bond motifs is 1. The first-order valence-electron chi connectivity index (χ1n) is 10.5. The van der Waals surface area contributed by atoms with Gasteiger partial charge in [-0.15, -0.1) is 0 Å². The van der Waals surface area contributed by atoms with E-state index in [4.69, 9.17) is 15.6 Å². The van der Waals surface area contributed by atoms with Crippen LogP contribution in [-0.2, 0) is 6.42 Å². The van der Waals surface area contributed by atoms with Gasteiger partial charge in [-0.3, -0.25) is 0 Å². The molecule has 3 N–H and O–H groups in total. The molecule has 2 aliphatic rings. The predicted octanol–water partition coefficient (Wildman–Crippen LogP) is 3.47. The Morgan fingerprint density at radius 1 is 1.34 bits per heavy atom. The Morgan fingerprint density at radius 2 is 2.22 bits per heavy atom. The average Bonchev–Trinajstić information content (AvgIpc) is 2.82. The monoisotopic (exact) mass is 441 g/mol. The molecule has 1 aromatic carbocycles. The summed E-state index contributed by atoms with van der Waals surface area (Å²) >= 11 is 0. The summed E-state index contributed by atoms with van der Waals surface area (Å²) in [5.74, 6) is 3.52. The summed E-state index contributed by atoms with van der Waals surface area (Å²) in [7, 11) is 0. The van der Waals surface area contributed by atoms with Crippen molar-refractivity contribution in [1.29, 1.82) is 0 Å². The number of aromatic nitrogens is 2. The summed E-state index contributed by atoms with van der Waals surface area (Å²) in [6.45, 7) is 3.88. The molecule has 0 saturated heterocycles. The summed E-state index contributed by atoms with van der Waals surface area (Å²) in [4.78, 5) is 11.3. The lowest BCUT2D eigenvalue weighted by molar-refractivity contribution is 0.291. The highest BCUT2D eigenvalue weighted by Gasteiger charge is 2.28. The van der Waals surface area contributed by atoms with Crippen molar-refractivity contribution in [1.82, 2.24) is 15.3 Å². The van der Waals surface area contributed by atoms with Gasteiger partial charge < -0.3 is 20.8 Å². The molecule has 0 fully saturated rings. The van der Waals surface area contributed by atoms with E-state index in [-0.39, 0.29) is 18.4 Å². The number of nitrogens with two attached hydrogens (primary N) is 1. The number of hydrogen-bond acceptors (Lipinski definition) is 7. The Kier molecular flexibility index (Phi) is 6.58. The van der Waals surface area contributed by atoms with Crippen LogP contribution in [0.2, 0.25) is 0 Å². The lowest BCUT2D eigenvalue weighted by atomic mass is 9.98. The van der Waals surface area contributed by atoms with Gasteiger partial charge in [0.15, 0.2) is 17.4 Å². The topological polar surface area (TPSA) is 101 Å². The number of ether oxygens (including phenoxy) is 1. The molecule has 0 bridgehead atoms. The summed E-state index contributed by atoms with van der Waals surface area (Å²) in [6, 6.07) is 2.62. The number of halogens is 2. The number of hydrogen-bond donors (Lipinski definition) is 2. The molecule has 1 atom stereocenters. The molecule has 32 heavy (non-hydrogen) atoms. The second kappa shape index (κ2) is 9.71. The maximum atomic E-state index is 14.3. The number of rotatable bonds is 7. The van der Waals surface area contributed by atoms with Crippen LogP contribution in [0.3, 0.4) is 0 Å². The van der Waals surface area contributed by atoms with Gasteiger partial charge in [-0.2, -0.15) is 9.50 Å². The Bertz CT molecular complexity index is 1070. The minimum atomic E-state index is -1.01. The van der Waals surface area contributed by atoms with E-state index in [0.29, 0.717) is 37.4 Å². The van der Waals surface area contributed by atoms with E-state index in [9.17, 15) is 8.78 Å². The molecule has 1 unspecified atom stereocenters. The van der Waals surface area contributed by atoms with Crippen LogP contribution >= 0.6 is 0 Å². The van der Waals surface area contributed by atoms with Crippen molar-refractivity contribution in [3.05, 3.63) is 65.3 Å². The van der Waals surface area contributed by atoms with Crippen molar-refractivity contribution >= 4 is 11.4 Å². The number of nitrogens with zero attached hydrogens (tertiary/aromatic N) is 5. The number of nitrogens with one attached hydrogen (secondary N) is 1. The number of anilines is 1. The number of allylic oxidation sites excluding steroid dienone is 2. The standard InChI is InChI=1S/C22H25F2N7O/c1-14-16-13-27-22(19-5-2-3-7-26-19)29-18(16)6-9-31(14)15-11-17(23)21(24)20(12-15)32-10-4-8-28-30-25/h2-3,5,11-14,26H,4,6-10H2,1H3,(H2,25,28). The second-order valence-electron chi connectivity index (χ2n) is 7.53. The molecular formula is C22H25F2N7O. The first-order valence-corrected chi connectivity index (χ1v) is 10.5. The Hall–Kier alpha value is -3.56. The maximum absolute atomic E-state index is 14.3. The molecule has 0 aliphatic carbocycles. The summed E-state index contributed by atoms with van der Waals surface area (Å²) in [5, 5.41) is 10.0. The van der Waals surface area contributed by atoms with E-state index >= 15 is 0 Å². The third kappa shape index (κ3) is 4.53. The average molecular weight is 441 g/mol. The molecule has 168 valence electrons. The van der Waals surface area contributed by atoms with Crippen LogP contribution in [0.15, 0.2) is 46.9 Å². The molecule has 4 rings (SSSR count). The molecule has 2 aromatic rings. The summed E-state index contributed by atoms with van der Waals surface area (Å²) < 4.78 is 34.1. The molecular weight excluding hydrogens is 416 g/mol. The van der Waals surface area contributed by atoms with Crippen LogP contribution in [0.25, 0.3) is 5.70 Å². The van der Waals surface area contributed by atoms with Crippen LogP contribution in [0.5, 0.6) is 5.75 Å². The Morgan fingerprint density at radius 3 is 3.00 bits per heavy atom. The molecule has 0 radical (unpaired) electrons. The molecule has 0 amide bonds. The summed E-state index contributed by atoms with van der Waals surface area (Å²) in [5.41, 5.74) is 3.36. The zero-order valence-electron chi connectivity index (χ0n) is 17.8. The largest absolute Gasteiger partial charge is 0.490 e. The smallest absolute Gasteiger partial charge is 0.200 e. The minimum absolute atomic E-state index is 0.108.